The number of phenolic OH excluding ortho intramolecular Hbond substituents is 1. The SMILES string of the molecule is Cc1cc(=O)oc2cc(O)c3c(c12)OC(N)=C(C#N)[C@H]3c1ccc([N+](=O)[O-])cc1. The summed E-state index contributed by atoms with van der Waals surface area (Å²) in [6.07, 6.45) is 0. The van der Waals surface area contributed by atoms with E-state index in [0.29, 0.717) is 16.5 Å². The molecule has 0 aliphatic carbocycles. The number of nitrogens with zero attached hydrogens (tertiary/aromatic N) is 2. The van der Waals surface area contributed by atoms with Gasteiger partial charge in [0.15, 0.2) is 0 Å². The molecule has 2 heterocycles. The summed E-state index contributed by atoms with van der Waals surface area (Å²) >= 11 is 0. The first-order chi connectivity index (χ1) is 13.8. The fourth-order valence-corrected chi connectivity index (χ4v) is 3.56. The third kappa shape index (κ3) is 2.74. The number of aryl methyl sites for hydroxylation is 1. The van der Waals surface area contributed by atoms with E-state index < -0.39 is 16.5 Å². The Morgan fingerprint density at radius 3 is 2.59 bits per heavy atom. The zero-order chi connectivity index (χ0) is 20.9. The number of nitriles is 1. The number of hydrogen-bond donors (Lipinski definition) is 2. The van der Waals surface area contributed by atoms with Crippen molar-refractivity contribution in [2.45, 2.75) is 12.8 Å². The molecule has 3 N–H and O–H groups in total. The molecule has 2 aromatic carbocycles. The van der Waals surface area contributed by atoms with Gasteiger partial charge in [-0.25, -0.2) is 4.79 Å². The largest absolute Gasteiger partial charge is 0.507 e. The van der Waals surface area contributed by atoms with E-state index in [-0.39, 0.29) is 39.8 Å². The Hall–Kier alpha value is -4.32. The number of nitro groups is 1. The summed E-state index contributed by atoms with van der Waals surface area (Å²) in [7, 11) is 0. The van der Waals surface area contributed by atoms with Gasteiger partial charge in [0.05, 0.1) is 21.8 Å². The minimum atomic E-state index is -0.819. The normalized spacial score (nSPS) is 15.5. The van der Waals surface area contributed by atoms with Gasteiger partial charge in [0.1, 0.15) is 28.7 Å². The van der Waals surface area contributed by atoms with Crippen LogP contribution in [0.25, 0.3) is 11.0 Å². The van der Waals surface area contributed by atoms with Gasteiger partial charge in [-0.05, 0) is 18.1 Å². The minimum Gasteiger partial charge on any atom is -0.507 e. The Bertz CT molecular complexity index is 1320. The van der Waals surface area contributed by atoms with Crippen molar-refractivity contribution in [3.8, 4) is 17.6 Å². The smallest absolute Gasteiger partial charge is 0.336 e. The van der Waals surface area contributed by atoms with Crippen LogP contribution in [0.5, 0.6) is 11.5 Å². The first kappa shape index (κ1) is 18.1. The molecular weight excluding hydrogens is 378 g/mol. The van der Waals surface area contributed by atoms with Crippen molar-refractivity contribution < 1.29 is 19.2 Å². The summed E-state index contributed by atoms with van der Waals surface area (Å²) < 4.78 is 10.8. The Morgan fingerprint density at radius 1 is 1.28 bits per heavy atom. The Kier molecular flexibility index (Phi) is 3.98. The molecule has 0 amide bonds. The molecule has 29 heavy (non-hydrogen) atoms. The fourth-order valence-electron chi connectivity index (χ4n) is 3.56. The molecule has 1 aromatic heterocycles. The molecule has 1 aliphatic heterocycles. The number of rotatable bonds is 2. The lowest BCUT2D eigenvalue weighted by Gasteiger charge is -2.28. The molecule has 9 nitrogen and oxygen atoms in total. The average molecular weight is 391 g/mol. The average Bonchev–Trinajstić information content (AvgIpc) is 2.66. The maximum absolute atomic E-state index is 11.7. The van der Waals surface area contributed by atoms with Crippen LogP contribution in [0.3, 0.4) is 0 Å². The van der Waals surface area contributed by atoms with Crippen LogP contribution >= 0.6 is 0 Å². The molecule has 0 radical (unpaired) electrons. The van der Waals surface area contributed by atoms with Crippen LogP contribution in [0.15, 0.2) is 57.1 Å². The molecule has 4 rings (SSSR count). The summed E-state index contributed by atoms with van der Waals surface area (Å²) in [5.74, 6) is -1.08. The summed E-state index contributed by atoms with van der Waals surface area (Å²) in [5, 5.41) is 31.7. The van der Waals surface area contributed by atoms with Gasteiger partial charge in [-0.2, -0.15) is 5.26 Å². The van der Waals surface area contributed by atoms with Crippen molar-refractivity contribution in [3.63, 3.8) is 0 Å². The molecule has 0 unspecified atom stereocenters. The lowest BCUT2D eigenvalue weighted by molar-refractivity contribution is -0.384. The number of hydrogen-bond acceptors (Lipinski definition) is 8. The second-order valence-electron chi connectivity index (χ2n) is 6.53. The van der Waals surface area contributed by atoms with Gasteiger partial charge in [-0.1, -0.05) is 12.1 Å². The maximum Gasteiger partial charge on any atom is 0.336 e. The van der Waals surface area contributed by atoms with Crippen molar-refractivity contribution in [1.82, 2.24) is 0 Å². The fraction of sp³-hybridized carbons (Fsp3) is 0.100. The van der Waals surface area contributed by atoms with E-state index in [9.17, 15) is 25.3 Å². The molecule has 0 bridgehead atoms. The van der Waals surface area contributed by atoms with Crippen LogP contribution in [-0.4, -0.2) is 10.0 Å². The number of fused-ring (bicyclic) bond motifs is 3. The van der Waals surface area contributed by atoms with Crippen LogP contribution in [0, 0.1) is 28.4 Å². The summed E-state index contributed by atoms with van der Waals surface area (Å²) in [4.78, 5) is 22.1. The Morgan fingerprint density at radius 2 is 1.97 bits per heavy atom. The molecule has 1 atom stereocenters. The highest BCUT2D eigenvalue weighted by Crippen LogP contribution is 2.50. The van der Waals surface area contributed by atoms with E-state index in [0.717, 1.165) is 0 Å². The predicted octanol–water partition coefficient (Wildman–Crippen LogP) is 2.93. The summed E-state index contributed by atoms with van der Waals surface area (Å²) in [5.41, 5.74) is 6.76. The quantitative estimate of drug-likeness (QED) is 0.384. The van der Waals surface area contributed by atoms with Gasteiger partial charge >= 0.3 is 5.63 Å². The van der Waals surface area contributed by atoms with Crippen LogP contribution in [0.2, 0.25) is 0 Å². The Balaban J connectivity index is 2.05. The van der Waals surface area contributed by atoms with E-state index in [1.165, 1.54) is 36.4 Å². The third-order valence-electron chi connectivity index (χ3n) is 4.81. The van der Waals surface area contributed by atoms with Gasteiger partial charge in [-0.15, -0.1) is 0 Å². The lowest BCUT2D eigenvalue weighted by Crippen LogP contribution is -2.21. The number of nitro benzene ring substituents is 1. The van der Waals surface area contributed by atoms with E-state index >= 15 is 0 Å². The van der Waals surface area contributed by atoms with Crippen LogP contribution in [0.1, 0.15) is 22.6 Å². The maximum atomic E-state index is 11.7. The highest BCUT2D eigenvalue weighted by Gasteiger charge is 2.35. The van der Waals surface area contributed by atoms with Crippen molar-refractivity contribution in [3.05, 3.63) is 85.1 Å². The number of non-ortho nitro benzene ring substituents is 1. The minimum absolute atomic E-state index is 0.0519. The summed E-state index contributed by atoms with van der Waals surface area (Å²) in [6, 6.07) is 10.1. The van der Waals surface area contributed by atoms with Gasteiger partial charge < -0.3 is 20.0 Å². The van der Waals surface area contributed by atoms with Crippen molar-refractivity contribution in [1.29, 1.82) is 5.26 Å². The van der Waals surface area contributed by atoms with Crippen LogP contribution in [0.4, 0.5) is 5.69 Å². The second-order valence-corrected chi connectivity index (χ2v) is 6.53. The number of nitrogens with two attached hydrogens (primary N) is 1. The number of ether oxygens (including phenoxy) is 1. The molecule has 0 fully saturated rings. The predicted molar refractivity (Wildman–Crippen MR) is 101 cm³/mol. The van der Waals surface area contributed by atoms with E-state index in [2.05, 4.69) is 0 Å². The molecular formula is C20H13N3O6. The van der Waals surface area contributed by atoms with Gasteiger partial charge in [0.25, 0.3) is 5.69 Å². The molecule has 0 saturated carbocycles. The van der Waals surface area contributed by atoms with E-state index in [4.69, 9.17) is 14.9 Å². The van der Waals surface area contributed by atoms with Gasteiger partial charge in [-0.3, -0.25) is 10.1 Å². The molecule has 3 aromatic rings. The molecule has 144 valence electrons. The highest BCUT2D eigenvalue weighted by atomic mass is 16.6. The number of phenols is 1. The first-order valence-electron chi connectivity index (χ1n) is 8.44. The number of aromatic hydroxyl groups is 1. The van der Waals surface area contributed by atoms with Crippen molar-refractivity contribution in [2.24, 2.45) is 5.73 Å². The van der Waals surface area contributed by atoms with Gasteiger partial charge in [0.2, 0.25) is 5.88 Å². The molecule has 9 heteroatoms. The zero-order valence-corrected chi connectivity index (χ0v) is 15.0. The Labute approximate surface area is 163 Å². The standard InChI is InChI=1S/C20H13N3O6/c1-9-6-15(25)28-14-7-13(24)18-17(10-2-4-11(5-3-10)23(26)27)12(8-21)20(22)29-19(18)16(9)14/h2-7,17,24H,22H2,1H3/t17-/m1/s1. The monoisotopic (exact) mass is 391 g/mol. The van der Waals surface area contributed by atoms with E-state index in [1.54, 1.807) is 6.92 Å². The highest BCUT2D eigenvalue weighted by molar-refractivity contribution is 5.91. The second kappa shape index (κ2) is 6.38. The van der Waals surface area contributed by atoms with Crippen molar-refractivity contribution >= 4 is 16.7 Å². The number of allylic oxidation sites excluding steroid dienone is 1. The van der Waals surface area contributed by atoms with Crippen LogP contribution < -0.4 is 16.1 Å². The van der Waals surface area contributed by atoms with Crippen LogP contribution in [-0.2, 0) is 0 Å². The third-order valence-corrected chi connectivity index (χ3v) is 4.81. The van der Waals surface area contributed by atoms with Crippen molar-refractivity contribution in [2.75, 3.05) is 0 Å². The lowest BCUT2D eigenvalue weighted by atomic mass is 9.82. The molecule has 1 aliphatic rings. The molecule has 0 spiro atoms. The zero-order valence-electron chi connectivity index (χ0n) is 15.0. The number of benzene rings is 2. The summed E-state index contributed by atoms with van der Waals surface area (Å²) in [6.45, 7) is 1.68. The topological polar surface area (TPSA) is 153 Å². The first-order valence-corrected chi connectivity index (χ1v) is 8.44. The van der Waals surface area contributed by atoms with Gasteiger partial charge in [0, 0.05) is 24.3 Å². The molecule has 0 saturated heterocycles. The van der Waals surface area contributed by atoms with E-state index in [1.807, 2.05) is 6.07 Å².